The molecule has 0 heterocycles. The van der Waals surface area contributed by atoms with Gasteiger partial charge in [0, 0.05) is 3.57 Å². The summed E-state index contributed by atoms with van der Waals surface area (Å²) in [5.74, 6) is -0.153. The van der Waals surface area contributed by atoms with E-state index in [0.29, 0.717) is 10.0 Å². The summed E-state index contributed by atoms with van der Waals surface area (Å²) in [6, 6.07) is 1.85. The van der Waals surface area contributed by atoms with E-state index in [-0.39, 0.29) is 5.82 Å². The van der Waals surface area contributed by atoms with Gasteiger partial charge in [-0.25, -0.2) is 4.39 Å². The Kier molecular flexibility index (Phi) is 2.91. The second-order valence-electron chi connectivity index (χ2n) is 2.45. The molecule has 0 nitrogen and oxygen atoms in total. The Morgan fingerprint density at radius 1 is 1.36 bits per heavy atom. The molecule has 0 unspecified atom stereocenters. The van der Waals surface area contributed by atoms with Crippen LogP contribution in [-0.4, -0.2) is 0 Å². The van der Waals surface area contributed by atoms with Crippen LogP contribution in [0.5, 0.6) is 0 Å². The van der Waals surface area contributed by atoms with Crippen molar-refractivity contribution in [2.24, 2.45) is 0 Å². The lowest BCUT2D eigenvalue weighted by Gasteiger charge is -2.04. The van der Waals surface area contributed by atoms with Crippen molar-refractivity contribution in [3.63, 3.8) is 0 Å². The van der Waals surface area contributed by atoms with Gasteiger partial charge in [-0.2, -0.15) is 0 Å². The molecule has 0 aliphatic rings. The van der Waals surface area contributed by atoms with Crippen molar-refractivity contribution in [1.29, 1.82) is 0 Å². The van der Waals surface area contributed by atoms with Crippen LogP contribution in [0.3, 0.4) is 0 Å². The van der Waals surface area contributed by atoms with Crippen LogP contribution >= 0.6 is 38.5 Å². The Morgan fingerprint density at radius 2 is 1.91 bits per heavy atom. The molecule has 3 heteroatoms. The normalized spacial score (nSPS) is 10.3. The summed E-state index contributed by atoms with van der Waals surface area (Å²) in [5.41, 5.74) is 1.80. The smallest absolute Gasteiger partial charge is 0.141 e. The lowest BCUT2D eigenvalue weighted by molar-refractivity contribution is 0.610. The van der Waals surface area contributed by atoms with Gasteiger partial charge in [0.25, 0.3) is 0 Å². The van der Waals surface area contributed by atoms with Crippen molar-refractivity contribution in [3.8, 4) is 0 Å². The highest BCUT2D eigenvalue weighted by Crippen LogP contribution is 2.27. The van der Waals surface area contributed by atoms with Gasteiger partial charge in [0.15, 0.2) is 0 Å². The molecule has 0 radical (unpaired) electrons. The topological polar surface area (TPSA) is 0 Å². The van der Waals surface area contributed by atoms with Gasteiger partial charge in [-0.15, -0.1) is 0 Å². The molecule has 0 saturated heterocycles. The van der Waals surface area contributed by atoms with Crippen molar-refractivity contribution >= 4 is 38.5 Å². The molecule has 0 fully saturated rings. The minimum atomic E-state index is -0.153. The number of hydrogen-bond acceptors (Lipinski definition) is 0. The van der Waals surface area contributed by atoms with Crippen LogP contribution in [0.25, 0.3) is 0 Å². The van der Waals surface area contributed by atoms with Crippen LogP contribution in [-0.2, 0) is 0 Å². The van der Waals surface area contributed by atoms with Crippen LogP contribution < -0.4 is 0 Å². The first-order valence-electron chi connectivity index (χ1n) is 3.14. The van der Waals surface area contributed by atoms with E-state index in [1.165, 1.54) is 0 Å². The van der Waals surface area contributed by atoms with Crippen molar-refractivity contribution in [2.75, 3.05) is 0 Å². The molecule has 0 N–H and O–H groups in total. The molecule has 1 rings (SSSR count). The van der Waals surface area contributed by atoms with Crippen LogP contribution in [0, 0.1) is 23.2 Å². The number of benzene rings is 1. The van der Waals surface area contributed by atoms with Crippen molar-refractivity contribution in [2.45, 2.75) is 13.8 Å². The summed E-state index contributed by atoms with van der Waals surface area (Å²) < 4.78 is 14.6. The van der Waals surface area contributed by atoms with E-state index in [1.54, 1.807) is 6.92 Å². The molecule has 1 aromatic carbocycles. The van der Waals surface area contributed by atoms with E-state index >= 15 is 0 Å². The first-order chi connectivity index (χ1) is 5.04. The fourth-order valence-electron chi connectivity index (χ4n) is 0.894. The predicted octanol–water partition coefficient (Wildman–Crippen LogP) is 3.81. The second kappa shape index (κ2) is 3.39. The van der Waals surface area contributed by atoms with E-state index in [0.717, 1.165) is 9.13 Å². The Labute approximate surface area is 87.5 Å². The van der Waals surface area contributed by atoms with Gasteiger partial charge >= 0.3 is 0 Å². The number of hydrogen-bond donors (Lipinski definition) is 0. The number of halogens is 3. The van der Waals surface area contributed by atoms with Crippen LogP contribution in [0.4, 0.5) is 4.39 Å². The van der Waals surface area contributed by atoms with Gasteiger partial charge in [-0.05, 0) is 63.5 Å². The molecule has 1 aromatic rings. The van der Waals surface area contributed by atoms with E-state index in [9.17, 15) is 4.39 Å². The Bertz CT molecular complexity index is 270. The fraction of sp³-hybridized carbons (Fsp3) is 0.250. The van der Waals surface area contributed by atoms with E-state index in [4.69, 9.17) is 0 Å². The van der Waals surface area contributed by atoms with Crippen LogP contribution in [0.2, 0.25) is 0 Å². The molecule has 0 atom stereocenters. The summed E-state index contributed by atoms with van der Waals surface area (Å²) in [6.45, 7) is 3.74. The van der Waals surface area contributed by atoms with E-state index in [2.05, 4.69) is 38.5 Å². The predicted molar refractivity (Wildman–Crippen MR) is 56.3 cm³/mol. The zero-order valence-electron chi connectivity index (χ0n) is 6.21. The maximum Gasteiger partial charge on any atom is 0.141 e. The third kappa shape index (κ3) is 1.75. The molecular formula is C8H7BrFI. The van der Waals surface area contributed by atoms with Gasteiger partial charge in [0.1, 0.15) is 5.82 Å². The van der Waals surface area contributed by atoms with Crippen molar-refractivity contribution < 1.29 is 4.39 Å². The maximum absolute atomic E-state index is 13.1. The summed E-state index contributed by atoms with van der Waals surface area (Å²) in [4.78, 5) is 0. The van der Waals surface area contributed by atoms with Gasteiger partial charge in [-0.1, -0.05) is 6.07 Å². The van der Waals surface area contributed by atoms with Gasteiger partial charge in [0.2, 0.25) is 0 Å². The highest BCUT2D eigenvalue weighted by Gasteiger charge is 2.08. The van der Waals surface area contributed by atoms with Gasteiger partial charge < -0.3 is 0 Å². The Morgan fingerprint density at radius 3 is 2.45 bits per heavy atom. The molecule has 0 bridgehead atoms. The quantitative estimate of drug-likeness (QED) is 0.502. The first kappa shape index (κ1) is 9.45. The Hall–Kier alpha value is 0.360. The highest BCUT2D eigenvalue weighted by molar-refractivity contribution is 14.1. The summed E-state index contributed by atoms with van der Waals surface area (Å²) in [5, 5.41) is 0. The summed E-state index contributed by atoms with van der Waals surface area (Å²) >= 11 is 5.32. The van der Waals surface area contributed by atoms with Crippen molar-refractivity contribution in [3.05, 3.63) is 31.1 Å². The molecule has 11 heavy (non-hydrogen) atoms. The van der Waals surface area contributed by atoms with Crippen LogP contribution in [0.1, 0.15) is 11.1 Å². The fourth-order valence-corrected chi connectivity index (χ4v) is 1.91. The number of aryl methyl sites for hydroxylation is 2. The minimum Gasteiger partial charge on any atom is -0.205 e. The lowest BCUT2D eigenvalue weighted by Crippen LogP contribution is -1.91. The first-order valence-corrected chi connectivity index (χ1v) is 5.02. The maximum atomic E-state index is 13.1. The summed E-state index contributed by atoms with van der Waals surface area (Å²) in [7, 11) is 0. The molecule has 0 spiro atoms. The molecule has 0 aliphatic carbocycles. The zero-order chi connectivity index (χ0) is 8.59. The molecule has 0 saturated carbocycles. The minimum absolute atomic E-state index is 0.153. The second-order valence-corrected chi connectivity index (χ2v) is 4.32. The highest BCUT2D eigenvalue weighted by atomic mass is 127. The molecule has 0 aliphatic heterocycles. The Balaban J connectivity index is 3.46. The van der Waals surface area contributed by atoms with E-state index in [1.807, 2.05) is 13.0 Å². The third-order valence-corrected chi connectivity index (χ3v) is 4.39. The average Bonchev–Trinajstić information content (AvgIpc) is 1.97. The van der Waals surface area contributed by atoms with E-state index < -0.39 is 0 Å². The average molecular weight is 329 g/mol. The van der Waals surface area contributed by atoms with Crippen molar-refractivity contribution in [1.82, 2.24) is 0 Å². The standard InChI is InChI=1S/C8H7BrFI/c1-4-3-5(2)8(11)6(9)7(4)10/h3H,1-2H3. The van der Waals surface area contributed by atoms with Gasteiger partial charge in [-0.3, -0.25) is 0 Å². The zero-order valence-corrected chi connectivity index (χ0v) is 9.95. The monoisotopic (exact) mass is 328 g/mol. The molecular weight excluding hydrogens is 322 g/mol. The SMILES string of the molecule is Cc1cc(C)c(I)c(Br)c1F. The van der Waals surface area contributed by atoms with Gasteiger partial charge in [0.05, 0.1) is 4.47 Å². The number of rotatable bonds is 0. The third-order valence-electron chi connectivity index (χ3n) is 1.51. The lowest BCUT2D eigenvalue weighted by atomic mass is 10.1. The molecule has 0 amide bonds. The summed E-state index contributed by atoms with van der Waals surface area (Å²) in [6.07, 6.45) is 0. The molecule has 60 valence electrons. The largest absolute Gasteiger partial charge is 0.205 e. The van der Waals surface area contributed by atoms with Crippen LogP contribution in [0.15, 0.2) is 10.5 Å². The molecule has 0 aromatic heterocycles.